The lowest BCUT2D eigenvalue weighted by molar-refractivity contribution is -0.137. The molecule has 1 aliphatic rings. The minimum Gasteiger partial charge on any atom is -0.347 e. The zero-order valence-electron chi connectivity index (χ0n) is 17.1. The third-order valence-electron chi connectivity index (χ3n) is 5.23. The van der Waals surface area contributed by atoms with E-state index in [1.54, 1.807) is 30.5 Å². The number of hydrogen-bond donors (Lipinski definition) is 0. The summed E-state index contributed by atoms with van der Waals surface area (Å²) < 4.78 is 39.7. The van der Waals surface area contributed by atoms with Crippen LogP contribution in [0.1, 0.15) is 28.4 Å². The quantitative estimate of drug-likeness (QED) is 0.386. The van der Waals surface area contributed by atoms with Crippen molar-refractivity contribution >= 4 is 28.8 Å². The first-order chi connectivity index (χ1) is 15.3. The topological polar surface area (TPSA) is 40.6 Å². The molecule has 32 heavy (non-hydrogen) atoms. The first-order valence-electron chi connectivity index (χ1n) is 10.00. The summed E-state index contributed by atoms with van der Waals surface area (Å²) in [5.41, 5.74) is 0.705. The number of fused-ring (bicyclic) bond motifs is 1. The van der Waals surface area contributed by atoms with Crippen LogP contribution in [0.15, 0.2) is 85.1 Å². The van der Waals surface area contributed by atoms with Crippen LogP contribution in [0, 0.1) is 0 Å². The zero-order chi connectivity index (χ0) is 22.9. The van der Waals surface area contributed by atoms with Gasteiger partial charge in [-0.1, -0.05) is 42.5 Å². The maximum absolute atomic E-state index is 13.5. The van der Waals surface area contributed by atoms with E-state index in [1.165, 1.54) is 12.1 Å². The van der Waals surface area contributed by atoms with Gasteiger partial charge >= 0.3 is 6.18 Å². The third kappa shape index (κ3) is 3.89. The highest BCUT2D eigenvalue weighted by Crippen LogP contribution is 2.36. The van der Waals surface area contributed by atoms with E-state index < -0.39 is 23.6 Å². The Labute approximate surface area is 183 Å². The summed E-state index contributed by atoms with van der Waals surface area (Å²) in [7, 11) is 0. The predicted octanol–water partition coefficient (Wildman–Crippen LogP) is 5.76. The molecule has 0 N–H and O–H groups in total. The van der Waals surface area contributed by atoms with Gasteiger partial charge in [-0.15, -0.1) is 0 Å². The van der Waals surface area contributed by atoms with Crippen molar-refractivity contribution in [3.63, 3.8) is 0 Å². The van der Waals surface area contributed by atoms with Crippen molar-refractivity contribution in [3.05, 3.63) is 102 Å². The van der Waals surface area contributed by atoms with Gasteiger partial charge in [0.05, 0.1) is 16.8 Å². The molecule has 0 bridgehead atoms. The molecule has 0 spiro atoms. The van der Waals surface area contributed by atoms with E-state index in [1.807, 2.05) is 42.2 Å². The number of halogens is 3. The summed E-state index contributed by atoms with van der Waals surface area (Å²) in [4.78, 5) is 29.3. The van der Waals surface area contributed by atoms with Gasteiger partial charge in [0.1, 0.15) is 0 Å². The Bertz CT molecular complexity index is 1200. The van der Waals surface area contributed by atoms with Crippen LogP contribution in [-0.2, 0) is 11.0 Å². The summed E-state index contributed by atoms with van der Waals surface area (Å²) >= 11 is 0. The zero-order valence-corrected chi connectivity index (χ0v) is 17.1. The largest absolute Gasteiger partial charge is 0.416 e. The Morgan fingerprint density at radius 3 is 2.16 bits per heavy atom. The molecule has 0 unspecified atom stereocenters. The molecule has 3 aromatic rings. The molecule has 4 nitrogen and oxygen atoms in total. The normalized spacial score (nSPS) is 15.1. The van der Waals surface area contributed by atoms with E-state index >= 15 is 0 Å². The van der Waals surface area contributed by atoms with Gasteiger partial charge in [-0.25, -0.2) is 4.90 Å². The Kier molecular flexibility index (Phi) is 5.57. The van der Waals surface area contributed by atoms with E-state index in [2.05, 4.69) is 0 Å². The first kappa shape index (κ1) is 21.4. The van der Waals surface area contributed by atoms with Crippen LogP contribution in [-0.4, -0.2) is 18.4 Å². The fourth-order valence-corrected chi connectivity index (χ4v) is 3.66. The van der Waals surface area contributed by atoms with Gasteiger partial charge in [0.15, 0.2) is 0 Å². The maximum atomic E-state index is 13.5. The van der Waals surface area contributed by atoms with Crippen LogP contribution in [0.4, 0.5) is 24.5 Å². The third-order valence-corrected chi connectivity index (χ3v) is 5.23. The molecule has 162 valence electrons. The highest BCUT2D eigenvalue weighted by Gasteiger charge is 2.38. The highest BCUT2D eigenvalue weighted by atomic mass is 19.4. The maximum Gasteiger partial charge on any atom is 0.416 e. The number of amides is 2. The smallest absolute Gasteiger partial charge is 0.347 e. The number of carbonyl (C=O) groups is 2. The van der Waals surface area contributed by atoms with Crippen molar-refractivity contribution in [1.29, 1.82) is 0 Å². The van der Waals surface area contributed by atoms with Crippen molar-refractivity contribution in [2.24, 2.45) is 0 Å². The number of benzene rings is 3. The van der Waals surface area contributed by atoms with Crippen LogP contribution in [0.25, 0.3) is 5.57 Å². The lowest BCUT2D eigenvalue weighted by Crippen LogP contribution is -2.42. The number of alkyl halides is 3. The number of imide groups is 1. The molecular weight excluding hydrogens is 417 g/mol. The molecule has 4 rings (SSSR count). The molecule has 1 aliphatic heterocycles. The molecule has 0 radical (unpaired) electrons. The lowest BCUT2D eigenvalue weighted by Gasteiger charge is -2.30. The number of nitrogens with zero attached hydrogens (tertiary/aromatic N) is 2. The average molecular weight is 436 g/mol. The van der Waals surface area contributed by atoms with Crippen molar-refractivity contribution in [2.45, 2.75) is 13.1 Å². The van der Waals surface area contributed by atoms with Gasteiger partial charge in [0.2, 0.25) is 0 Å². The van der Waals surface area contributed by atoms with Crippen LogP contribution < -0.4 is 9.80 Å². The second-order valence-corrected chi connectivity index (χ2v) is 7.20. The second kappa shape index (κ2) is 8.34. The van der Waals surface area contributed by atoms with E-state index in [0.717, 1.165) is 22.7 Å². The molecule has 0 aromatic heterocycles. The summed E-state index contributed by atoms with van der Waals surface area (Å²) in [6.07, 6.45) is -2.95. The summed E-state index contributed by atoms with van der Waals surface area (Å²) in [6.45, 7) is 2.46. The minimum atomic E-state index is -4.60. The Balaban J connectivity index is 1.86. The average Bonchev–Trinajstić information content (AvgIpc) is 2.79. The monoisotopic (exact) mass is 436 g/mol. The molecule has 7 heteroatoms. The molecule has 3 aromatic carbocycles. The summed E-state index contributed by atoms with van der Waals surface area (Å²) in [5.74, 6) is -1.34. The van der Waals surface area contributed by atoms with E-state index in [-0.39, 0.29) is 16.8 Å². The van der Waals surface area contributed by atoms with Gasteiger partial charge in [0.25, 0.3) is 11.8 Å². The van der Waals surface area contributed by atoms with Crippen LogP contribution in [0.5, 0.6) is 0 Å². The van der Waals surface area contributed by atoms with Crippen molar-refractivity contribution in [3.8, 4) is 0 Å². The van der Waals surface area contributed by atoms with Crippen molar-refractivity contribution in [2.75, 3.05) is 16.3 Å². The van der Waals surface area contributed by atoms with Gasteiger partial charge in [-0.2, -0.15) is 13.2 Å². The van der Waals surface area contributed by atoms with E-state index in [0.29, 0.717) is 12.1 Å². The molecule has 0 saturated heterocycles. The molecule has 0 atom stereocenters. The van der Waals surface area contributed by atoms with Crippen LogP contribution >= 0.6 is 0 Å². The molecule has 0 fully saturated rings. The Morgan fingerprint density at radius 2 is 1.50 bits per heavy atom. The molecule has 0 aliphatic carbocycles. The van der Waals surface area contributed by atoms with Crippen molar-refractivity contribution in [1.82, 2.24) is 0 Å². The number of anilines is 2. The highest BCUT2D eigenvalue weighted by molar-refractivity contribution is 6.41. The minimum absolute atomic E-state index is 0.127. The number of para-hydroxylation sites is 1. The van der Waals surface area contributed by atoms with E-state index in [9.17, 15) is 22.8 Å². The lowest BCUT2D eigenvalue weighted by atomic mass is 9.93. The van der Waals surface area contributed by atoms with Gasteiger partial charge < -0.3 is 4.90 Å². The number of carbonyl (C=O) groups excluding carboxylic acids is 2. The summed E-state index contributed by atoms with van der Waals surface area (Å²) in [6, 6.07) is 20.2. The first-order valence-corrected chi connectivity index (χ1v) is 10.00. The van der Waals surface area contributed by atoms with Gasteiger partial charge in [-0.3, -0.25) is 9.59 Å². The molecular formula is C25H19F3N2O2. The second-order valence-electron chi connectivity index (χ2n) is 7.20. The predicted molar refractivity (Wildman–Crippen MR) is 117 cm³/mol. The summed E-state index contributed by atoms with van der Waals surface area (Å²) in [5, 5.41) is 0. The van der Waals surface area contributed by atoms with Crippen LogP contribution in [0.3, 0.4) is 0 Å². The standard InChI is InChI=1S/C25H19F3N2O2/c1-2-29(18-10-4-3-5-11-18)16-22-20-13-6-7-14-21(20)23(31)30(24(22)32)19-12-8-9-17(15-19)25(26,27)28/h3-16H,2H2,1H3/b22-16+. The van der Waals surface area contributed by atoms with Crippen molar-refractivity contribution < 1.29 is 22.8 Å². The Morgan fingerprint density at radius 1 is 0.844 bits per heavy atom. The molecule has 1 heterocycles. The number of rotatable bonds is 4. The van der Waals surface area contributed by atoms with Gasteiger partial charge in [0, 0.05) is 29.6 Å². The molecule has 2 amide bonds. The Hall–Kier alpha value is -3.87. The fourth-order valence-electron chi connectivity index (χ4n) is 3.66. The SMILES string of the molecule is CCN(/C=C1/C(=O)N(c2cccc(C(F)(F)F)c2)C(=O)c2ccccc21)c1ccccc1. The van der Waals surface area contributed by atoms with E-state index in [4.69, 9.17) is 0 Å². The molecule has 0 saturated carbocycles. The number of hydrogen-bond acceptors (Lipinski definition) is 3. The van der Waals surface area contributed by atoms with Crippen LogP contribution in [0.2, 0.25) is 0 Å². The fraction of sp³-hybridized carbons (Fsp3) is 0.120. The van der Waals surface area contributed by atoms with Gasteiger partial charge in [-0.05, 0) is 43.3 Å².